The van der Waals surface area contributed by atoms with Crippen LogP contribution in [0.15, 0.2) is 18.3 Å². The Hall–Kier alpha value is -2.14. The van der Waals surface area contributed by atoms with Crippen LogP contribution < -0.4 is 10.2 Å². The Bertz CT molecular complexity index is 764. The fourth-order valence-electron chi connectivity index (χ4n) is 3.29. The Morgan fingerprint density at radius 3 is 2.71 bits per heavy atom. The van der Waals surface area contributed by atoms with Gasteiger partial charge in [-0.1, -0.05) is 0 Å². The summed E-state index contributed by atoms with van der Waals surface area (Å²) in [7, 11) is -3.04. The molecule has 2 saturated heterocycles. The van der Waals surface area contributed by atoms with Crippen LogP contribution in [-0.2, 0) is 14.6 Å². The molecule has 2 aliphatic rings. The molecule has 1 aromatic heterocycles. The van der Waals surface area contributed by atoms with Gasteiger partial charge in [0, 0.05) is 25.3 Å². The van der Waals surface area contributed by atoms with Crippen LogP contribution in [0.4, 0.5) is 5.82 Å². The summed E-state index contributed by atoms with van der Waals surface area (Å²) in [5.74, 6) is 0.211. The van der Waals surface area contributed by atoms with Crippen molar-refractivity contribution >= 4 is 21.6 Å². The molecule has 0 aromatic carbocycles. The summed E-state index contributed by atoms with van der Waals surface area (Å²) in [5, 5.41) is 12.1. The Morgan fingerprint density at radius 2 is 2.08 bits per heavy atom. The van der Waals surface area contributed by atoms with E-state index in [2.05, 4.69) is 21.3 Å². The van der Waals surface area contributed by atoms with E-state index in [0.29, 0.717) is 30.9 Å². The average molecular weight is 348 g/mol. The zero-order valence-electron chi connectivity index (χ0n) is 13.3. The Labute approximate surface area is 141 Å². The number of amides is 1. The molecule has 1 aromatic rings. The monoisotopic (exact) mass is 348 g/mol. The van der Waals surface area contributed by atoms with Crippen LogP contribution >= 0.6 is 0 Å². The van der Waals surface area contributed by atoms with Gasteiger partial charge < -0.3 is 10.2 Å². The van der Waals surface area contributed by atoms with E-state index < -0.39 is 15.8 Å². The minimum atomic E-state index is -3.04. The van der Waals surface area contributed by atoms with Gasteiger partial charge in [-0.15, -0.1) is 0 Å². The van der Waals surface area contributed by atoms with E-state index in [1.165, 1.54) is 0 Å². The number of hydrogen-bond donors (Lipinski definition) is 1. The first-order chi connectivity index (χ1) is 11.5. The highest BCUT2D eigenvalue weighted by Crippen LogP contribution is 2.23. The van der Waals surface area contributed by atoms with Crippen LogP contribution in [0.25, 0.3) is 0 Å². The van der Waals surface area contributed by atoms with Crippen LogP contribution in [0.1, 0.15) is 24.8 Å². The lowest BCUT2D eigenvalue weighted by molar-refractivity contribution is -0.125. The third-order valence-corrected chi connectivity index (χ3v) is 6.42. The van der Waals surface area contributed by atoms with Gasteiger partial charge in [-0.25, -0.2) is 13.4 Å². The number of rotatable bonds is 3. The molecule has 128 valence electrons. The molecule has 1 amide bonds. The number of nitrogens with zero attached hydrogens (tertiary/aromatic N) is 3. The van der Waals surface area contributed by atoms with Crippen LogP contribution in [0, 0.1) is 17.2 Å². The number of nitriles is 1. The van der Waals surface area contributed by atoms with E-state index in [-0.39, 0.29) is 23.5 Å². The van der Waals surface area contributed by atoms with Crippen molar-refractivity contribution in [2.75, 3.05) is 29.5 Å². The first kappa shape index (κ1) is 16.7. The fourth-order valence-corrected chi connectivity index (χ4v) is 5.03. The summed E-state index contributed by atoms with van der Waals surface area (Å²) in [6.07, 6.45) is 3.61. The van der Waals surface area contributed by atoms with Gasteiger partial charge >= 0.3 is 0 Å². The van der Waals surface area contributed by atoms with E-state index in [4.69, 9.17) is 5.26 Å². The van der Waals surface area contributed by atoms with Crippen molar-refractivity contribution in [1.29, 1.82) is 5.26 Å². The summed E-state index contributed by atoms with van der Waals surface area (Å²) < 4.78 is 23.0. The molecule has 0 spiro atoms. The molecule has 0 aliphatic carbocycles. The second kappa shape index (κ2) is 6.77. The van der Waals surface area contributed by atoms with Gasteiger partial charge in [0.05, 0.1) is 23.0 Å². The molecular formula is C16H20N4O3S. The number of carbonyl (C=O) groups is 1. The summed E-state index contributed by atoms with van der Waals surface area (Å²) in [6, 6.07) is 5.69. The molecule has 0 saturated carbocycles. The number of anilines is 1. The number of piperidine rings is 1. The molecule has 2 aliphatic heterocycles. The van der Waals surface area contributed by atoms with Gasteiger partial charge in [0.15, 0.2) is 9.84 Å². The molecule has 7 nitrogen and oxygen atoms in total. The number of carbonyl (C=O) groups excluding carboxylic acids is 1. The lowest BCUT2D eigenvalue weighted by Gasteiger charge is -2.33. The maximum absolute atomic E-state index is 12.2. The average Bonchev–Trinajstić information content (AvgIpc) is 2.96. The third kappa shape index (κ3) is 3.67. The lowest BCUT2D eigenvalue weighted by atomic mass is 10.0. The largest absolute Gasteiger partial charge is 0.355 e. The number of sulfone groups is 1. The molecule has 1 N–H and O–H groups in total. The minimum Gasteiger partial charge on any atom is -0.355 e. The predicted molar refractivity (Wildman–Crippen MR) is 89.1 cm³/mol. The minimum absolute atomic E-state index is 0.0306. The highest BCUT2D eigenvalue weighted by molar-refractivity contribution is 7.91. The number of aromatic nitrogens is 1. The first-order valence-corrected chi connectivity index (χ1v) is 9.91. The van der Waals surface area contributed by atoms with Gasteiger partial charge in [-0.3, -0.25) is 4.79 Å². The quantitative estimate of drug-likeness (QED) is 0.852. The smallest absolute Gasteiger partial charge is 0.224 e. The molecule has 24 heavy (non-hydrogen) atoms. The van der Waals surface area contributed by atoms with Crippen LogP contribution in [0.3, 0.4) is 0 Å². The fraction of sp³-hybridized carbons (Fsp3) is 0.562. The van der Waals surface area contributed by atoms with E-state index in [9.17, 15) is 13.2 Å². The predicted octanol–water partition coefficient (Wildman–Crippen LogP) is 0.473. The van der Waals surface area contributed by atoms with Gasteiger partial charge in [-0.05, 0) is 31.4 Å². The molecule has 8 heteroatoms. The van der Waals surface area contributed by atoms with E-state index in [0.717, 1.165) is 12.8 Å². The van der Waals surface area contributed by atoms with Crippen molar-refractivity contribution in [1.82, 2.24) is 10.3 Å². The summed E-state index contributed by atoms with van der Waals surface area (Å²) in [6.45, 7) is 1.42. The third-order valence-electron chi connectivity index (χ3n) is 4.65. The van der Waals surface area contributed by atoms with Crippen molar-refractivity contribution < 1.29 is 13.2 Å². The maximum atomic E-state index is 12.2. The summed E-state index contributed by atoms with van der Waals surface area (Å²) >= 11 is 0. The number of nitrogens with one attached hydrogen (secondary N) is 1. The SMILES string of the molecule is N#Cc1cccnc1N1CCC(NC(=O)[C@H]2CCS(=O)(=O)C2)CC1. The molecule has 3 heterocycles. The Balaban J connectivity index is 1.54. The highest BCUT2D eigenvalue weighted by atomic mass is 32.2. The van der Waals surface area contributed by atoms with E-state index >= 15 is 0 Å². The lowest BCUT2D eigenvalue weighted by Crippen LogP contribution is -2.46. The van der Waals surface area contributed by atoms with Crippen molar-refractivity contribution in [3.8, 4) is 6.07 Å². The Morgan fingerprint density at radius 1 is 1.33 bits per heavy atom. The van der Waals surface area contributed by atoms with Gasteiger partial charge in [0.25, 0.3) is 0 Å². The number of pyridine rings is 1. The van der Waals surface area contributed by atoms with Gasteiger partial charge in [0.1, 0.15) is 11.9 Å². The van der Waals surface area contributed by atoms with Crippen LogP contribution in [0.2, 0.25) is 0 Å². The van der Waals surface area contributed by atoms with Gasteiger partial charge in [0.2, 0.25) is 5.91 Å². The number of hydrogen-bond acceptors (Lipinski definition) is 6. The maximum Gasteiger partial charge on any atom is 0.224 e. The molecule has 0 unspecified atom stereocenters. The molecule has 0 radical (unpaired) electrons. The normalized spacial score (nSPS) is 23.6. The zero-order chi connectivity index (χ0) is 17.2. The van der Waals surface area contributed by atoms with E-state index in [1.807, 2.05) is 0 Å². The first-order valence-electron chi connectivity index (χ1n) is 8.09. The highest BCUT2D eigenvalue weighted by Gasteiger charge is 2.34. The van der Waals surface area contributed by atoms with Crippen LogP contribution in [0.5, 0.6) is 0 Å². The van der Waals surface area contributed by atoms with Crippen molar-refractivity contribution in [3.05, 3.63) is 23.9 Å². The topological polar surface area (TPSA) is 103 Å². The van der Waals surface area contributed by atoms with Gasteiger partial charge in [-0.2, -0.15) is 5.26 Å². The van der Waals surface area contributed by atoms with Crippen LogP contribution in [-0.4, -0.2) is 49.9 Å². The molecule has 2 fully saturated rings. The molecule has 3 rings (SSSR count). The van der Waals surface area contributed by atoms with Crippen molar-refractivity contribution in [2.45, 2.75) is 25.3 Å². The second-order valence-electron chi connectivity index (χ2n) is 6.36. The molecular weight excluding hydrogens is 328 g/mol. The zero-order valence-corrected chi connectivity index (χ0v) is 14.1. The van der Waals surface area contributed by atoms with Crippen molar-refractivity contribution in [2.24, 2.45) is 5.92 Å². The second-order valence-corrected chi connectivity index (χ2v) is 8.58. The Kier molecular flexibility index (Phi) is 4.71. The molecule has 0 bridgehead atoms. The summed E-state index contributed by atoms with van der Waals surface area (Å²) in [5.41, 5.74) is 0.552. The van der Waals surface area contributed by atoms with Crippen molar-refractivity contribution in [3.63, 3.8) is 0 Å². The van der Waals surface area contributed by atoms with E-state index in [1.54, 1.807) is 18.3 Å². The standard InChI is InChI=1S/C16H20N4O3S/c17-10-12-2-1-6-18-15(12)20-7-3-14(4-8-20)19-16(21)13-5-9-24(22,23)11-13/h1-2,6,13-14H,3-5,7-9,11H2,(H,19,21)/t13-/m0/s1. The summed E-state index contributed by atoms with van der Waals surface area (Å²) in [4.78, 5) is 18.6. The molecule has 1 atom stereocenters.